The zero-order valence-corrected chi connectivity index (χ0v) is 9.68. The number of rotatable bonds is 3. The zero-order chi connectivity index (χ0) is 9.84. The van der Waals surface area contributed by atoms with Gasteiger partial charge in [0.05, 0.1) is 6.54 Å². The van der Waals surface area contributed by atoms with Crippen molar-refractivity contribution < 1.29 is 4.58 Å². The van der Waals surface area contributed by atoms with E-state index < -0.39 is 0 Å². The molecular formula is C9H20N3S+. The topological polar surface area (TPSA) is 9.49 Å². The summed E-state index contributed by atoms with van der Waals surface area (Å²) in [6, 6.07) is 0. The predicted octanol–water partition coefficient (Wildman–Crippen LogP) is 0.571. The Morgan fingerprint density at radius 1 is 1.69 bits per heavy atom. The van der Waals surface area contributed by atoms with E-state index in [0.29, 0.717) is 5.37 Å². The van der Waals surface area contributed by atoms with Gasteiger partial charge in [-0.05, 0) is 6.26 Å². The molecule has 13 heavy (non-hydrogen) atoms. The molecule has 1 atom stereocenters. The fourth-order valence-electron chi connectivity index (χ4n) is 1.56. The summed E-state index contributed by atoms with van der Waals surface area (Å²) in [5.74, 6) is 0. The Hall–Kier alpha value is -0.0600. The summed E-state index contributed by atoms with van der Waals surface area (Å²) in [7, 11) is 2.15. The number of thioether (sulfide) groups is 1. The Labute approximate surface area is 85.4 Å². The summed E-state index contributed by atoms with van der Waals surface area (Å²) >= 11 is 1.90. The smallest absolute Gasteiger partial charge is 0.168 e. The molecule has 1 aliphatic rings. The SMILES string of the molecule is C=[N+]1CCN(N(C)CC)C(SC)C1. The summed E-state index contributed by atoms with van der Waals surface area (Å²) in [6.07, 6.45) is 2.17. The van der Waals surface area contributed by atoms with Gasteiger partial charge in [0.2, 0.25) is 0 Å². The van der Waals surface area contributed by atoms with E-state index in [1.807, 2.05) is 11.8 Å². The van der Waals surface area contributed by atoms with E-state index in [4.69, 9.17) is 0 Å². The molecule has 1 unspecified atom stereocenters. The highest BCUT2D eigenvalue weighted by molar-refractivity contribution is 7.99. The van der Waals surface area contributed by atoms with Gasteiger partial charge in [0.25, 0.3) is 0 Å². The van der Waals surface area contributed by atoms with Crippen LogP contribution in [0.3, 0.4) is 0 Å². The molecule has 76 valence electrons. The van der Waals surface area contributed by atoms with Gasteiger partial charge in [-0.25, -0.2) is 14.6 Å². The number of piperazine rings is 1. The Balaban J connectivity index is 2.56. The molecule has 4 heteroatoms. The van der Waals surface area contributed by atoms with Gasteiger partial charge in [0.15, 0.2) is 13.1 Å². The lowest BCUT2D eigenvalue weighted by molar-refractivity contribution is -0.539. The molecule has 0 N–H and O–H groups in total. The molecule has 0 bridgehead atoms. The first-order valence-corrected chi connectivity index (χ1v) is 6.03. The van der Waals surface area contributed by atoms with Crippen LogP contribution in [0, 0.1) is 0 Å². The first-order valence-electron chi connectivity index (χ1n) is 4.75. The van der Waals surface area contributed by atoms with E-state index in [1.165, 1.54) is 0 Å². The van der Waals surface area contributed by atoms with Gasteiger partial charge in [-0.15, -0.1) is 11.8 Å². The van der Waals surface area contributed by atoms with Crippen molar-refractivity contribution in [2.75, 3.05) is 39.5 Å². The molecule has 0 amide bonds. The van der Waals surface area contributed by atoms with Crippen LogP contribution in [0.5, 0.6) is 0 Å². The first kappa shape index (κ1) is 11.0. The third-order valence-corrected chi connectivity index (χ3v) is 3.50. The van der Waals surface area contributed by atoms with Gasteiger partial charge in [-0.2, -0.15) is 0 Å². The summed E-state index contributed by atoms with van der Waals surface area (Å²) in [4.78, 5) is 0. The van der Waals surface area contributed by atoms with Crippen molar-refractivity contribution >= 4 is 18.5 Å². The minimum absolute atomic E-state index is 0.566. The number of hydrazine groups is 1. The molecule has 0 aliphatic carbocycles. The predicted molar refractivity (Wildman–Crippen MR) is 59.4 cm³/mol. The zero-order valence-electron chi connectivity index (χ0n) is 8.86. The summed E-state index contributed by atoms with van der Waals surface area (Å²) in [6.45, 7) is 10.5. The standard InChI is InChI=1S/C9H20N3S/c1-5-11(3)12-7-6-10(2)8-9(12)13-4/h9H,2,5-8H2,1,3-4H3/q+1. The lowest BCUT2D eigenvalue weighted by atomic mass is 10.4. The lowest BCUT2D eigenvalue weighted by Gasteiger charge is -2.38. The third kappa shape index (κ3) is 2.69. The Morgan fingerprint density at radius 2 is 2.38 bits per heavy atom. The first-order chi connectivity index (χ1) is 6.19. The highest BCUT2D eigenvalue weighted by atomic mass is 32.2. The van der Waals surface area contributed by atoms with Gasteiger partial charge in [0, 0.05) is 13.6 Å². The van der Waals surface area contributed by atoms with Gasteiger partial charge in [0.1, 0.15) is 12.1 Å². The average molecular weight is 202 g/mol. The van der Waals surface area contributed by atoms with E-state index in [2.05, 4.69) is 41.5 Å². The quantitative estimate of drug-likeness (QED) is 0.620. The maximum absolute atomic E-state index is 3.99. The van der Waals surface area contributed by atoms with Crippen LogP contribution in [-0.2, 0) is 0 Å². The molecule has 0 radical (unpaired) electrons. The monoisotopic (exact) mass is 202 g/mol. The fraction of sp³-hybridized carbons (Fsp3) is 0.889. The second kappa shape index (κ2) is 4.98. The molecule has 1 fully saturated rings. The van der Waals surface area contributed by atoms with Crippen LogP contribution in [0.1, 0.15) is 6.92 Å². The molecule has 3 nitrogen and oxygen atoms in total. The molecule has 1 rings (SSSR count). The lowest BCUT2D eigenvalue weighted by Crippen LogP contribution is -2.54. The summed E-state index contributed by atoms with van der Waals surface area (Å²) in [5.41, 5.74) is 0. The molecule has 1 heterocycles. The maximum atomic E-state index is 3.99. The highest BCUT2D eigenvalue weighted by Crippen LogP contribution is 2.17. The molecule has 0 spiro atoms. The van der Waals surface area contributed by atoms with Crippen molar-refractivity contribution in [2.24, 2.45) is 0 Å². The number of hydrogen-bond donors (Lipinski definition) is 0. The van der Waals surface area contributed by atoms with Crippen molar-refractivity contribution in [3.05, 3.63) is 0 Å². The van der Waals surface area contributed by atoms with Crippen molar-refractivity contribution in [3.63, 3.8) is 0 Å². The van der Waals surface area contributed by atoms with Crippen molar-refractivity contribution in [1.29, 1.82) is 0 Å². The van der Waals surface area contributed by atoms with E-state index in [0.717, 1.165) is 26.2 Å². The Kier molecular flexibility index (Phi) is 4.22. The molecule has 1 saturated heterocycles. The van der Waals surface area contributed by atoms with Crippen LogP contribution in [0.2, 0.25) is 0 Å². The maximum Gasteiger partial charge on any atom is 0.168 e. The van der Waals surface area contributed by atoms with Gasteiger partial charge in [-0.3, -0.25) is 0 Å². The van der Waals surface area contributed by atoms with Crippen LogP contribution in [-0.4, -0.2) is 66.2 Å². The van der Waals surface area contributed by atoms with Gasteiger partial charge < -0.3 is 0 Å². The Bertz CT molecular complexity index is 184. The van der Waals surface area contributed by atoms with Crippen LogP contribution >= 0.6 is 11.8 Å². The molecule has 0 aromatic rings. The minimum atomic E-state index is 0.566. The molecule has 0 aromatic carbocycles. The van der Waals surface area contributed by atoms with Crippen LogP contribution in [0.4, 0.5) is 0 Å². The second-order valence-corrected chi connectivity index (χ2v) is 4.42. The van der Waals surface area contributed by atoms with E-state index >= 15 is 0 Å². The van der Waals surface area contributed by atoms with E-state index in [9.17, 15) is 0 Å². The fourth-order valence-corrected chi connectivity index (χ4v) is 2.43. The van der Waals surface area contributed by atoms with Gasteiger partial charge >= 0.3 is 0 Å². The molecule has 0 saturated carbocycles. The molecule has 1 aliphatic heterocycles. The average Bonchev–Trinajstić information content (AvgIpc) is 2.16. The highest BCUT2D eigenvalue weighted by Gasteiger charge is 2.29. The van der Waals surface area contributed by atoms with Crippen LogP contribution in [0.15, 0.2) is 0 Å². The third-order valence-electron chi connectivity index (χ3n) is 2.56. The largest absolute Gasteiger partial charge is 0.244 e. The van der Waals surface area contributed by atoms with Crippen molar-refractivity contribution in [3.8, 4) is 0 Å². The Morgan fingerprint density at radius 3 is 2.92 bits per heavy atom. The normalized spacial score (nSPS) is 25.5. The van der Waals surface area contributed by atoms with Crippen LogP contribution < -0.4 is 0 Å². The number of nitrogens with zero attached hydrogens (tertiary/aromatic N) is 3. The summed E-state index contributed by atoms with van der Waals surface area (Å²) in [5, 5.41) is 5.30. The van der Waals surface area contributed by atoms with E-state index in [1.54, 1.807) is 0 Å². The summed E-state index contributed by atoms with van der Waals surface area (Å²) < 4.78 is 2.15. The van der Waals surface area contributed by atoms with Gasteiger partial charge in [-0.1, -0.05) is 6.92 Å². The second-order valence-electron chi connectivity index (χ2n) is 3.40. The van der Waals surface area contributed by atoms with E-state index in [-0.39, 0.29) is 0 Å². The van der Waals surface area contributed by atoms with Crippen molar-refractivity contribution in [1.82, 2.24) is 10.0 Å². The van der Waals surface area contributed by atoms with Crippen LogP contribution in [0.25, 0.3) is 0 Å². The van der Waals surface area contributed by atoms with Crippen molar-refractivity contribution in [2.45, 2.75) is 12.3 Å². The molecular weight excluding hydrogens is 182 g/mol. The number of hydrogen-bond acceptors (Lipinski definition) is 3. The minimum Gasteiger partial charge on any atom is -0.244 e. The molecule has 0 aromatic heterocycles.